The predicted molar refractivity (Wildman–Crippen MR) is 116 cm³/mol. The summed E-state index contributed by atoms with van der Waals surface area (Å²) in [7, 11) is 0. The van der Waals surface area contributed by atoms with Crippen molar-refractivity contribution >= 4 is 10.8 Å². The van der Waals surface area contributed by atoms with Crippen LogP contribution in [0.3, 0.4) is 0 Å². The lowest BCUT2D eigenvalue weighted by Gasteiger charge is -2.28. The van der Waals surface area contributed by atoms with E-state index in [-0.39, 0.29) is 12.4 Å². The van der Waals surface area contributed by atoms with Crippen LogP contribution in [0.1, 0.15) is 23.1 Å². The second-order valence-electron chi connectivity index (χ2n) is 7.43. The van der Waals surface area contributed by atoms with Crippen molar-refractivity contribution in [3.05, 3.63) is 72.9 Å². The standard InChI is InChI=1S/C25H28O4/c1-4-7-17-14-22-19(21(9-6-3)25(17)28-16-18-15-27-18)10-11-23(20(22)8-5-2)29-24-12-13-26-24/h4-6,10-11,14,18,24H,1-3,7-9,12-13,15-16H2. The molecule has 0 amide bonds. The minimum Gasteiger partial charge on any atom is -0.490 e. The van der Waals surface area contributed by atoms with Crippen molar-refractivity contribution in [2.45, 2.75) is 38.1 Å². The average Bonchev–Trinajstić information content (AvgIpc) is 3.50. The summed E-state index contributed by atoms with van der Waals surface area (Å²) in [5.74, 6) is 1.78. The van der Waals surface area contributed by atoms with Gasteiger partial charge in [0.25, 0.3) is 0 Å². The monoisotopic (exact) mass is 392 g/mol. The SMILES string of the molecule is C=CCc1cc2c(CC=C)c(OC3CCO3)ccc2c(CC=C)c1OCC1CO1. The van der Waals surface area contributed by atoms with Gasteiger partial charge in [-0.1, -0.05) is 24.3 Å². The molecular weight excluding hydrogens is 364 g/mol. The maximum absolute atomic E-state index is 6.23. The van der Waals surface area contributed by atoms with Crippen LogP contribution in [-0.4, -0.2) is 32.2 Å². The van der Waals surface area contributed by atoms with Gasteiger partial charge in [-0.15, -0.1) is 19.7 Å². The molecule has 2 heterocycles. The number of ether oxygens (including phenoxy) is 4. The molecular formula is C25H28O4. The van der Waals surface area contributed by atoms with Crippen molar-refractivity contribution < 1.29 is 18.9 Å². The van der Waals surface area contributed by atoms with Gasteiger partial charge in [0.05, 0.1) is 13.2 Å². The Balaban J connectivity index is 1.86. The van der Waals surface area contributed by atoms with Gasteiger partial charge in [0, 0.05) is 17.5 Å². The molecule has 4 nitrogen and oxygen atoms in total. The summed E-state index contributed by atoms with van der Waals surface area (Å²) in [4.78, 5) is 0. The first kappa shape index (κ1) is 19.7. The molecule has 0 aliphatic carbocycles. The highest BCUT2D eigenvalue weighted by atomic mass is 16.7. The zero-order chi connectivity index (χ0) is 20.2. The van der Waals surface area contributed by atoms with Gasteiger partial charge >= 0.3 is 0 Å². The van der Waals surface area contributed by atoms with Gasteiger partial charge in [0.1, 0.15) is 24.2 Å². The Morgan fingerprint density at radius 1 is 0.966 bits per heavy atom. The molecule has 4 rings (SSSR count). The van der Waals surface area contributed by atoms with Crippen LogP contribution in [0.5, 0.6) is 11.5 Å². The van der Waals surface area contributed by atoms with Gasteiger partial charge in [0.2, 0.25) is 6.29 Å². The predicted octanol–water partition coefficient (Wildman–Crippen LogP) is 4.93. The fraction of sp³-hybridized carbons (Fsp3) is 0.360. The second-order valence-corrected chi connectivity index (χ2v) is 7.43. The third kappa shape index (κ3) is 4.24. The topological polar surface area (TPSA) is 40.2 Å². The van der Waals surface area contributed by atoms with E-state index in [1.165, 1.54) is 0 Å². The Hall–Kier alpha value is -2.56. The molecule has 0 saturated carbocycles. The molecule has 4 heteroatoms. The molecule has 0 N–H and O–H groups in total. The van der Waals surface area contributed by atoms with Crippen molar-refractivity contribution in [1.82, 2.24) is 0 Å². The first-order chi connectivity index (χ1) is 14.2. The van der Waals surface area contributed by atoms with E-state index in [1.54, 1.807) is 0 Å². The maximum atomic E-state index is 6.23. The lowest BCUT2D eigenvalue weighted by Crippen LogP contribution is -2.32. The Morgan fingerprint density at radius 2 is 1.69 bits per heavy atom. The summed E-state index contributed by atoms with van der Waals surface area (Å²) in [5.41, 5.74) is 3.39. The Bertz CT molecular complexity index is 922. The zero-order valence-corrected chi connectivity index (χ0v) is 16.8. The Kier molecular flexibility index (Phi) is 6.02. The number of allylic oxidation sites excluding steroid dienone is 3. The van der Waals surface area contributed by atoms with E-state index in [1.807, 2.05) is 24.3 Å². The number of rotatable bonds is 11. The molecule has 2 saturated heterocycles. The highest BCUT2D eigenvalue weighted by molar-refractivity contribution is 5.93. The van der Waals surface area contributed by atoms with Gasteiger partial charge < -0.3 is 18.9 Å². The molecule has 2 fully saturated rings. The van der Waals surface area contributed by atoms with Gasteiger partial charge in [-0.05, 0) is 47.7 Å². The Morgan fingerprint density at radius 3 is 2.31 bits per heavy atom. The maximum Gasteiger partial charge on any atom is 0.202 e. The quantitative estimate of drug-likeness (QED) is 0.402. The molecule has 2 aliphatic heterocycles. The average molecular weight is 392 g/mol. The number of fused-ring (bicyclic) bond motifs is 1. The third-order valence-corrected chi connectivity index (χ3v) is 5.32. The summed E-state index contributed by atoms with van der Waals surface area (Å²) in [6.07, 6.45) is 8.89. The van der Waals surface area contributed by atoms with E-state index in [4.69, 9.17) is 18.9 Å². The first-order valence-corrected chi connectivity index (χ1v) is 10.2. The fourth-order valence-electron chi connectivity index (χ4n) is 3.72. The minimum atomic E-state index is -0.155. The molecule has 2 aliphatic rings. The lowest BCUT2D eigenvalue weighted by atomic mass is 9.91. The lowest BCUT2D eigenvalue weighted by molar-refractivity contribution is -0.165. The summed E-state index contributed by atoms with van der Waals surface area (Å²) >= 11 is 0. The van der Waals surface area contributed by atoms with Crippen LogP contribution in [0.25, 0.3) is 10.8 Å². The van der Waals surface area contributed by atoms with Crippen LogP contribution >= 0.6 is 0 Å². The molecule has 29 heavy (non-hydrogen) atoms. The smallest absolute Gasteiger partial charge is 0.202 e. The molecule has 0 bridgehead atoms. The van der Waals surface area contributed by atoms with Crippen LogP contribution < -0.4 is 9.47 Å². The number of hydrogen-bond donors (Lipinski definition) is 0. The number of benzene rings is 2. The fourth-order valence-corrected chi connectivity index (χ4v) is 3.72. The van der Waals surface area contributed by atoms with Crippen molar-refractivity contribution in [2.24, 2.45) is 0 Å². The Labute approximate surface area is 172 Å². The minimum absolute atomic E-state index is 0.155. The van der Waals surface area contributed by atoms with E-state index >= 15 is 0 Å². The molecule has 0 aromatic heterocycles. The van der Waals surface area contributed by atoms with E-state index < -0.39 is 0 Å². The first-order valence-electron chi connectivity index (χ1n) is 10.2. The molecule has 2 atom stereocenters. The highest BCUT2D eigenvalue weighted by Crippen LogP contribution is 2.39. The molecule has 2 aromatic carbocycles. The molecule has 2 aromatic rings. The van der Waals surface area contributed by atoms with Crippen LogP contribution in [0.4, 0.5) is 0 Å². The van der Waals surface area contributed by atoms with E-state index in [0.717, 1.165) is 77.9 Å². The molecule has 152 valence electrons. The molecule has 0 spiro atoms. The van der Waals surface area contributed by atoms with Gasteiger partial charge in [-0.25, -0.2) is 0 Å². The van der Waals surface area contributed by atoms with E-state index in [9.17, 15) is 0 Å². The van der Waals surface area contributed by atoms with E-state index in [2.05, 4.69) is 31.9 Å². The van der Waals surface area contributed by atoms with Gasteiger partial charge in [0.15, 0.2) is 0 Å². The largest absolute Gasteiger partial charge is 0.490 e. The van der Waals surface area contributed by atoms with Crippen LogP contribution in [0, 0.1) is 0 Å². The highest BCUT2D eigenvalue weighted by Gasteiger charge is 2.26. The van der Waals surface area contributed by atoms with Crippen molar-refractivity contribution in [1.29, 1.82) is 0 Å². The summed E-state index contributed by atoms with van der Waals surface area (Å²) in [6, 6.07) is 6.36. The second kappa shape index (κ2) is 8.85. The normalized spacial score (nSPS) is 20.0. The molecule has 0 radical (unpaired) electrons. The van der Waals surface area contributed by atoms with Gasteiger partial charge in [-0.3, -0.25) is 0 Å². The summed E-state index contributed by atoms with van der Waals surface area (Å²) in [6.45, 7) is 13.9. The van der Waals surface area contributed by atoms with Crippen LogP contribution in [-0.2, 0) is 28.7 Å². The van der Waals surface area contributed by atoms with E-state index in [0.29, 0.717) is 6.61 Å². The van der Waals surface area contributed by atoms with Crippen molar-refractivity contribution in [2.75, 3.05) is 19.8 Å². The number of hydrogen-bond acceptors (Lipinski definition) is 4. The van der Waals surface area contributed by atoms with Crippen molar-refractivity contribution in [3.63, 3.8) is 0 Å². The van der Waals surface area contributed by atoms with Crippen molar-refractivity contribution in [3.8, 4) is 11.5 Å². The summed E-state index contributed by atoms with van der Waals surface area (Å²) < 4.78 is 23.1. The zero-order valence-electron chi connectivity index (χ0n) is 16.8. The van der Waals surface area contributed by atoms with Gasteiger partial charge in [-0.2, -0.15) is 0 Å². The summed E-state index contributed by atoms with van der Waals surface area (Å²) in [5, 5.41) is 2.31. The third-order valence-electron chi connectivity index (χ3n) is 5.32. The van der Waals surface area contributed by atoms with Crippen LogP contribution in [0.15, 0.2) is 56.2 Å². The molecule has 2 unspecified atom stereocenters. The van der Waals surface area contributed by atoms with Crippen LogP contribution in [0.2, 0.25) is 0 Å². The number of epoxide rings is 1.